The Labute approximate surface area is 177 Å². The first-order valence-electron chi connectivity index (χ1n) is 8.35. The van der Waals surface area contributed by atoms with E-state index in [0.29, 0.717) is 33.0 Å². The lowest BCUT2D eigenvalue weighted by molar-refractivity contribution is 0.0697. The van der Waals surface area contributed by atoms with Gasteiger partial charge in [0.05, 0.1) is 16.3 Å². The second kappa shape index (κ2) is 9.20. The van der Waals surface area contributed by atoms with Crippen LogP contribution >= 0.6 is 34.8 Å². The minimum absolute atomic E-state index is 0.175. The van der Waals surface area contributed by atoms with Crippen molar-refractivity contribution >= 4 is 46.5 Å². The molecule has 144 valence electrons. The number of halogens is 3. The smallest absolute Gasteiger partial charge is 0.335 e. The predicted molar refractivity (Wildman–Crippen MR) is 113 cm³/mol. The van der Waals surface area contributed by atoms with Gasteiger partial charge in [0.25, 0.3) is 0 Å². The van der Waals surface area contributed by atoms with Gasteiger partial charge in [0, 0.05) is 22.2 Å². The van der Waals surface area contributed by atoms with Gasteiger partial charge in [-0.15, -0.1) is 0 Å². The largest absolute Gasteiger partial charge is 0.489 e. The van der Waals surface area contributed by atoms with Crippen molar-refractivity contribution in [2.24, 2.45) is 0 Å². The van der Waals surface area contributed by atoms with Crippen LogP contribution in [0.3, 0.4) is 0 Å². The molecular formula is C21H16Cl3NO3. The molecule has 2 N–H and O–H groups in total. The van der Waals surface area contributed by atoms with Crippen LogP contribution in [0, 0.1) is 0 Å². The molecular weight excluding hydrogens is 421 g/mol. The molecule has 0 aliphatic heterocycles. The van der Waals surface area contributed by atoms with E-state index in [1.807, 2.05) is 24.3 Å². The van der Waals surface area contributed by atoms with Crippen molar-refractivity contribution in [3.8, 4) is 5.75 Å². The van der Waals surface area contributed by atoms with E-state index in [4.69, 9.17) is 44.6 Å². The van der Waals surface area contributed by atoms with E-state index in [2.05, 4.69) is 5.32 Å². The zero-order chi connectivity index (χ0) is 20.1. The molecule has 4 nitrogen and oxygen atoms in total. The fourth-order valence-electron chi connectivity index (χ4n) is 2.52. The summed E-state index contributed by atoms with van der Waals surface area (Å²) in [4.78, 5) is 11.1. The summed E-state index contributed by atoms with van der Waals surface area (Å²) in [6.45, 7) is 0.757. The Morgan fingerprint density at radius 2 is 1.61 bits per heavy atom. The number of ether oxygens (including phenoxy) is 1. The van der Waals surface area contributed by atoms with Gasteiger partial charge in [0.2, 0.25) is 0 Å². The summed E-state index contributed by atoms with van der Waals surface area (Å²) in [5.74, 6) is -0.314. The predicted octanol–water partition coefficient (Wildman–Crippen LogP) is 6.54. The molecule has 3 aromatic rings. The molecule has 0 aromatic heterocycles. The molecule has 0 radical (unpaired) electrons. The van der Waals surface area contributed by atoms with E-state index in [-0.39, 0.29) is 12.2 Å². The Kier molecular flexibility index (Phi) is 6.68. The molecule has 0 atom stereocenters. The number of hydrogen-bond donors (Lipinski definition) is 2. The lowest BCUT2D eigenvalue weighted by Gasteiger charge is -2.11. The van der Waals surface area contributed by atoms with Gasteiger partial charge in [-0.1, -0.05) is 53.0 Å². The van der Waals surface area contributed by atoms with Crippen molar-refractivity contribution in [1.82, 2.24) is 0 Å². The summed E-state index contributed by atoms with van der Waals surface area (Å²) >= 11 is 18.4. The summed E-state index contributed by atoms with van der Waals surface area (Å²) in [7, 11) is 0. The zero-order valence-corrected chi connectivity index (χ0v) is 16.9. The molecule has 28 heavy (non-hydrogen) atoms. The summed E-state index contributed by atoms with van der Waals surface area (Å²) in [5.41, 5.74) is 2.47. The molecule has 0 heterocycles. The minimum atomic E-state index is -1.00. The highest BCUT2D eigenvalue weighted by atomic mass is 35.5. The number of carboxylic acids is 1. The number of carboxylic acid groups (broad SMARTS) is 1. The van der Waals surface area contributed by atoms with Crippen molar-refractivity contribution in [2.75, 3.05) is 5.32 Å². The van der Waals surface area contributed by atoms with Crippen LogP contribution in [0.4, 0.5) is 5.69 Å². The van der Waals surface area contributed by atoms with Gasteiger partial charge >= 0.3 is 5.97 Å². The van der Waals surface area contributed by atoms with Crippen LogP contribution in [0.1, 0.15) is 21.5 Å². The van der Waals surface area contributed by atoms with Gasteiger partial charge in [-0.25, -0.2) is 4.79 Å². The Morgan fingerprint density at radius 3 is 2.25 bits per heavy atom. The third-order valence-corrected chi connectivity index (χ3v) is 5.10. The summed E-state index contributed by atoms with van der Waals surface area (Å²) in [5, 5.41) is 13.8. The fourth-order valence-corrected chi connectivity index (χ4v) is 3.21. The number of hydrogen-bond acceptors (Lipinski definition) is 3. The molecule has 3 rings (SSSR count). The Balaban J connectivity index is 1.61. The van der Waals surface area contributed by atoms with E-state index in [1.165, 1.54) is 12.1 Å². The lowest BCUT2D eigenvalue weighted by atomic mass is 10.1. The van der Waals surface area contributed by atoms with E-state index in [9.17, 15) is 4.79 Å². The molecule has 3 aromatic carbocycles. The van der Waals surface area contributed by atoms with Gasteiger partial charge in [-0.05, 0) is 48.0 Å². The normalized spacial score (nSPS) is 10.5. The molecule has 0 aliphatic carbocycles. The second-order valence-corrected chi connectivity index (χ2v) is 7.21. The highest BCUT2D eigenvalue weighted by Crippen LogP contribution is 2.27. The Hall–Kier alpha value is -2.40. The first kappa shape index (κ1) is 20.3. The quantitative estimate of drug-likeness (QED) is 0.442. The van der Waals surface area contributed by atoms with Crippen LogP contribution in [-0.2, 0) is 13.2 Å². The first-order chi connectivity index (χ1) is 13.4. The molecule has 7 heteroatoms. The van der Waals surface area contributed by atoms with Gasteiger partial charge in [-0.3, -0.25) is 0 Å². The second-order valence-electron chi connectivity index (χ2n) is 5.99. The standard InChI is InChI=1S/C21H16Cl3NO3/c22-17-2-1-3-18(23)16(17)12-28-15-7-4-13(5-8-15)11-25-20-10-14(21(26)27)6-9-19(20)24/h1-10,25H,11-12H2,(H,26,27). The van der Waals surface area contributed by atoms with Crippen molar-refractivity contribution in [3.05, 3.63) is 92.4 Å². The summed E-state index contributed by atoms with van der Waals surface area (Å²) in [6, 6.07) is 17.4. The van der Waals surface area contributed by atoms with Crippen LogP contribution in [0.5, 0.6) is 5.75 Å². The van der Waals surface area contributed by atoms with E-state index in [0.717, 1.165) is 11.1 Å². The van der Waals surface area contributed by atoms with Crippen LogP contribution in [-0.4, -0.2) is 11.1 Å². The topological polar surface area (TPSA) is 58.6 Å². The van der Waals surface area contributed by atoms with Gasteiger partial charge in [-0.2, -0.15) is 0 Å². The van der Waals surface area contributed by atoms with Crippen molar-refractivity contribution < 1.29 is 14.6 Å². The van der Waals surface area contributed by atoms with Crippen LogP contribution in [0.2, 0.25) is 15.1 Å². The number of aromatic carboxylic acids is 1. The van der Waals surface area contributed by atoms with Gasteiger partial charge < -0.3 is 15.2 Å². The average molecular weight is 437 g/mol. The molecule has 0 spiro atoms. The molecule has 0 saturated carbocycles. The minimum Gasteiger partial charge on any atom is -0.489 e. The fraction of sp³-hybridized carbons (Fsp3) is 0.0952. The van der Waals surface area contributed by atoms with Crippen molar-refractivity contribution in [3.63, 3.8) is 0 Å². The Bertz CT molecular complexity index is 970. The number of nitrogens with one attached hydrogen (secondary N) is 1. The Morgan fingerprint density at radius 1 is 0.929 bits per heavy atom. The third kappa shape index (κ3) is 5.10. The molecule has 0 unspecified atom stereocenters. The maximum absolute atomic E-state index is 11.1. The maximum Gasteiger partial charge on any atom is 0.335 e. The maximum atomic E-state index is 11.1. The molecule has 0 fully saturated rings. The van der Waals surface area contributed by atoms with Crippen LogP contribution < -0.4 is 10.1 Å². The highest BCUT2D eigenvalue weighted by molar-refractivity contribution is 6.36. The number of rotatable bonds is 7. The van der Waals surface area contributed by atoms with Crippen LogP contribution in [0.25, 0.3) is 0 Å². The van der Waals surface area contributed by atoms with E-state index < -0.39 is 5.97 Å². The van der Waals surface area contributed by atoms with Gasteiger partial charge in [0.15, 0.2) is 0 Å². The van der Waals surface area contributed by atoms with E-state index >= 15 is 0 Å². The molecule has 0 amide bonds. The lowest BCUT2D eigenvalue weighted by Crippen LogP contribution is -2.03. The zero-order valence-electron chi connectivity index (χ0n) is 14.6. The number of carbonyl (C=O) groups is 1. The first-order valence-corrected chi connectivity index (χ1v) is 9.49. The van der Waals surface area contributed by atoms with Crippen molar-refractivity contribution in [2.45, 2.75) is 13.2 Å². The number of anilines is 1. The van der Waals surface area contributed by atoms with Crippen LogP contribution in [0.15, 0.2) is 60.7 Å². The average Bonchev–Trinajstić information content (AvgIpc) is 2.67. The monoisotopic (exact) mass is 435 g/mol. The summed E-state index contributed by atoms with van der Waals surface area (Å²) in [6.07, 6.45) is 0. The summed E-state index contributed by atoms with van der Waals surface area (Å²) < 4.78 is 5.76. The molecule has 0 aliphatic rings. The van der Waals surface area contributed by atoms with E-state index in [1.54, 1.807) is 24.3 Å². The SMILES string of the molecule is O=C(O)c1ccc(Cl)c(NCc2ccc(OCc3c(Cl)cccc3Cl)cc2)c1. The number of benzene rings is 3. The molecule has 0 saturated heterocycles. The third-order valence-electron chi connectivity index (χ3n) is 4.06. The van der Waals surface area contributed by atoms with Gasteiger partial charge in [0.1, 0.15) is 12.4 Å². The molecule has 0 bridgehead atoms. The van der Waals surface area contributed by atoms with Crippen molar-refractivity contribution in [1.29, 1.82) is 0 Å². The highest BCUT2D eigenvalue weighted by Gasteiger charge is 2.08.